The van der Waals surface area contributed by atoms with Gasteiger partial charge in [-0.05, 0) is 73.9 Å². The monoisotopic (exact) mass is 780 g/mol. The van der Waals surface area contributed by atoms with E-state index in [1.54, 1.807) is 0 Å². The van der Waals surface area contributed by atoms with Gasteiger partial charge in [-0.25, -0.2) is 18.6 Å². The van der Waals surface area contributed by atoms with Crippen LogP contribution in [0.3, 0.4) is 0 Å². The highest BCUT2D eigenvalue weighted by atomic mass is 19.4. The van der Waals surface area contributed by atoms with Crippen LogP contribution < -0.4 is 20.7 Å². The number of carbonyl (C=O) groups is 3. The third-order valence-corrected chi connectivity index (χ3v) is 9.88. The number of hydrogen-bond donors (Lipinski definition) is 3. The van der Waals surface area contributed by atoms with Crippen LogP contribution in [-0.4, -0.2) is 48.3 Å². The lowest BCUT2D eigenvalue weighted by molar-refractivity contribution is -0.206. The number of rotatable bonds is 10. The smallest absolute Gasteiger partial charge is 0.429 e. The van der Waals surface area contributed by atoms with Gasteiger partial charge >= 0.3 is 18.4 Å². The van der Waals surface area contributed by atoms with Gasteiger partial charge in [0.15, 0.2) is 0 Å². The van der Waals surface area contributed by atoms with Crippen LogP contribution in [-0.2, 0) is 15.7 Å². The second kappa shape index (κ2) is 15.1. The molecule has 55 heavy (non-hydrogen) atoms. The molecule has 1 heterocycles. The summed E-state index contributed by atoms with van der Waals surface area (Å²) in [5.41, 5.74) is -2.37. The molecule has 1 aromatic heterocycles. The number of pyridine rings is 1. The minimum absolute atomic E-state index is 0.0456. The number of halogens is 8. The van der Waals surface area contributed by atoms with Crippen molar-refractivity contribution in [2.75, 3.05) is 12.4 Å². The van der Waals surface area contributed by atoms with Crippen molar-refractivity contribution >= 4 is 23.6 Å². The first-order valence-electron chi connectivity index (χ1n) is 17.4. The molecular weight excluding hydrogens is 744 g/mol. The first-order chi connectivity index (χ1) is 25.8. The molecule has 6 rings (SSSR count). The van der Waals surface area contributed by atoms with E-state index in [2.05, 4.69) is 20.9 Å². The van der Waals surface area contributed by atoms with Crippen LogP contribution in [0.5, 0.6) is 5.88 Å². The lowest BCUT2D eigenvalue weighted by Gasteiger charge is -2.30. The van der Waals surface area contributed by atoms with E-state index in [-0.39, 0.29) is 40.6 Å². The zero-order valence-electron chi connectivity index (χ0n) is 29.6. The molecule has 0 aliphatic heterocycles. The fourth-order valence-corrected chi connectivity index (χ4v) is 7.40. The summed E-state index contributed by atoms with van der Waals surface area (Å²) in [5.74, 6) is -5.94. The van der Waals surface area contributed by atoms with E-state index in [0.29, 0.717) is 37.8 Å². The molecule has 5 atom stereocenters. The number of benzene rings is 2. The number of alkyl halides is 6. The Bertz CT molecular complexity index is 2010. The number of fused-ring (bicyclic) bond motifs is 2. The van der Waals surface area contributed by atoms with Gasteiger partial charge in [-0.3, -0.25) is 9.59 Å². The van der Waals surface area contributed by atoms with E-state index in [1.165, 1.54) is 7.11 Å². The Balaban J connectivity index is 1.30. The Hall–Kier alpha value is -5.22. The summed E-state index contributed by atoms with van der Waals surface area (Å²) in [6.45, 7) is 3.85. The number of ether oxygens (including phenoxy) is 2. The van der Waals surface area contributed by atoms with Crippen LogP contribution in [0.4, 0.5) is 45.6 Å². The van der Waals surface area contributed by atoms with E-state index < -0.39 is 82.6 Å². The molecule has 3 aromatic rings. The van der Waals surface area contributed by atoms with E-state index in [1.807, 2.05) is 19.9 Å². The van der Waals surface area contributed by atoms with Crippen molar-refractivity contribution < 1.29 is 59.0 Å². The predicted octanol–water partition coefficient (Wildman–Crippen LogP) is 8.52. The van der Waals surface area contributed by atoms with E-state index >= 15 is 4.39 Å². The molecule has 0 radical (unpaired) electrons. The number of hydrogen-bond acceptors (Lipinski definition) is 6. The Kier molecular flexibility index (Phi) is 10.9. The van der Waals surface area contributed by atoms with Crippen molar-refractivity contribution in [2.24, 2.45) is 23.7 Å². The fraction of sp³-hybridized carbons (Fsp3) is 0.421. The topological polar surface area (TPSA) is 119 Å². The second-order valence-corrected chi connectivity index (χ2v) is 14.2. The molecule has 3 saturated carbocycles. The lowest BCUT2D eigenvalue weighted by Crippen LogP contribution is -2.48. The van der Waals surface area contributed by atoms with Crippen molar-refractivity contribution in [1.82, 2.24) is 15.6 Å². The number of nitrogens with zero attached hydrogens (tertiary/aromatic N) is 1. The summed E-state index contributed by atoms with van der Waals surface area (Å²) < 4.78 is 122. The predicted molar refractivity (Wildman–Crippen MR) is 182 cm³/mol. The summed E-state index contributed by atoms with van der Waals surface area (Å²) in [4.78, 5) is 44.1. The van der Waals surface area contributed by atoms with E-state index in [0.717, 1.165) is 42.1 Å². The third-order valence-electron chi connectivity index (χ3n) is 9.88. The normalized spacial score (nSPS) is 22.1. The summed E-state index contributed by atoms with van der Waals surface area (Å²) in [6, 6.07) is 4.47. The van der Waals surface area contributed by atoms with Gasteiger partial charge in [-0.15, -0.1) is 0 Å². The number of anilines is 1. The largest absolute Gasteiger partial charge is 0.480 e. The van der Waals surface area contributed by atoms with Gasteiger partial charge < -0.3 is 25.4 Å². The van der Waals surface area contributed by atoms with Gasteiger partial charge in [-0.1, -0.05) is 31.6 Å². The molecule has 17 heteroatoms. The van der Waals surface area contributed by atoms with E-state index in [4.69, 9.17) is 9.47 Å². The molecule has 9 nitrogen and oxygen atoms in total. The minimum atomic E-state index is -5.07. The first-order valence-corrected chi connectivity index (χ1v) is 17.4. The number of amides is 3. The molecule has 3 amide bonds. The van der Waals surface area contributed by atoms with Crippen molar-refractivity contribution in [3.8, 4) is 17.0 Å². The molecule has 2 bridgehead atoms. The SMILES string of the molecule is COc1ncc(-c2cc([C@H](OC(=O)NC3CC3)C(F)(F)F)ccc2F)cc1C(=O)N[C@H]1[C@@H](C(=O)Nc2ccc(F)c(C(F)(F)F)c2)[C@H]2CC[C@@H]1/C2=C\C(C)C. The van der Waals surface area contributed by atoms with Crippen LogP contribution in [0.15, 0.2) is 60.3 Å². The first kappa shape index (κ1) is 39.5. The fourth-order valence-electron chi connectivity index (χ4n) is 7.40. The van der Waals surface area contributed by atoms with Crippen LogP contribution in [0, 0.1) is 35.3 Å². The van der Waals surface area contributed by atoms with Crippen molar-refractivity contribution in [3.05, 3.63) is 88.6 Å². The molecule has 2 aromatic carbocycles. The number of aromatic nitrogens is 1. The van der Waals surface area contributed by atoms with Crippen molar-refractivity contribution in [2.45, 2.75) is 70.1 Å². The Morgan fingerprint density at radius 1 is 0.891 bits per heavy atom. The Morgan fingerprint density at radius 2 is 1.58 bits per heavy atom. The van der Waals surface area contributed by atoms with Crippen LogP contribution in [0.25, 0.3) is 11.1 Å². The Morgan fingerprint density at radius 3 is 2.22 bits per heavy atom. The number of carbonyl (C=O) groups excluding carboxylic acids is 3. The highest BCUT2D eigenvalue weighted by molar-refractivity contribution is 5.99. The number of methoxy groups -OCH3 is 1. The molecule has 0 saturated heterocycles. The zero-order valence-corrected chi connectivity index (χ0v) is 29.6. The molecule has 3 N–H and O–H groups in total. The molecular formula is C38H36F8N4O5. The lowest BCUT2D eigenvalue weighted by atomic mass is 9.83. The van der Waals surface area contributed by atoms with Crippen LogP contribution in [0.1, 0.15) is 67.1 Å². The number of allylic oxidation sites excluding steroid dienone is 1. The van der Waals surface area contributed by atoms with E-state index in [9.17, 15) is 45.1 Å². The summed E-state index contributed by atoms with van der Waals surface area (Å²) in [5, 5.41) is 7.61. The van der Waals surface area contributed by atoms with Crippen LogP contribution >= 0.6 is 0 Å². The van der Waals surface area contributed by atoms with Gasteiger partial charge in [0, 0.05) is 46.6 Å². The van der Waals surface area contributed by atoms with Gasteiger partial charge in [0.25, 0.3) is 5.91 Å². The van der Waals surface area contributed by atoms with Crippen molar-refractivity contribution in [1.29, 1.82) is 0 Å². The second-order valence-electron chi connectivity index (χ2n) is 14.2. The Labute approximate surface area is 309 Å². The molecule has 0 spiro atoms. The maximum Gasteiger partial charge on any atom is 0.429 e. The minimum Gasteiger partial charge on any atom is -0.480 e. The standard InChI is InChI=1S/C38H36F8N4O5/c1-17(2)12-25-22-8-9-23(25)31(30(22)34(52)48-21-7-11-29(40)27(15-21)37(41,42)43)50-33(51)26-14-19(16-47-35(26)54-3)24-13-18(4-10-28(24)39)32(38(44,45)46)55-36(53)49-20-5-6-20/h4,7,10-17,20,22-23,30-32H,5-6,8-9H2,1-3H3,(H,48,52)(H,49,53)(H,50,51)/b25-12-/t22-,23+,30-,31+,32-/m0/s1. The zero-order chi connectivity index (χ0) is 40.0. The number of alkyl carbamates (subject to hydrolysis) is 1. The van der Waals surface area contributed by atoms with Crippen LogP contribution in [0.2, 0.25) is 0 Å². The molecule has 3 aliphatic carbocycles. The van der Waals surface area contributed by atoms with Gasteiger partial charge in [0.05, 0.1) is 18.6 Å². The molecule has 0 unspecified atom stereocenters. The summed E-state index contributed by atoms with van der Waals surface area (Å²) in [7, 11) is 1.20. The quantitative estimate of drug-likeness (QED) is 0.140. The average Bonchev–Trinajstić information content (AvgIpc) is 3.78. The maximum absolute atomic E-state index is 15.3. The summed E-state index contributed by atoms with van der Waals surface area (Å²) >= 11 is 0. The van der Waals surface area contributed by atoms with Gasteiger partial charge in [-0.2, -0.15) is 26.3 Å². The summed E-state index contributed by atoms with van der Waals surface area (Å²) in [6.07, 6.45) is -8.76. The molecule has 3 fully saturated rings. The van der Waals surface area contributed by atoms with Gasteiger partial charge in [0.2, 0.25) is 17.9 Å². The highest BCUT2D eigenvalue weighted by Crippen LogP contribution is 2.53. The average molecular weight is 781 g/mol. The maximum atomic E-state index is 15.3. The molecule has 294 valence electrons. The highest BCUT2D eigenvalue weighted by Gasteiger charge is 2.55. The van der Waals surface area contributed by atoms with Crippen molar-refractivity contribution in [3.63, 3.8) is 0 Å². The molecule has 3 aliphatic rings. The van der Waals surface area contributed by atoms with Gasteiger partial charge in [0.1, 0.15) is 17.2 Å². The number of nitrogens with one attached hydrogen (secondary N) is 3. The third kappa shape index (κ3) is 8.54.